The van der Waals surface area contributed by atoms with E-state index < -0.39 is 5.41 Å². The van der Waals surface area contributed by atoms with E-state index in [-0.39, 0.29) is 22.9 Å². The van der Waals surface area contributed by atoms with E-state index >= 15 is 0 Å². The summed E-state index contributed by atoms with van der Waals surface area (Å²) < 4.78 is 12.7. The van der Waals surface area contributed by atoms with Gasteiger partial charge in [-0.2, -0.15) is 0 Å². The number of aromatic hydroxyl groups is 2. The van der Waals surface area contributed by atoms with Crippen LogP contribution in [0.5, 0.6) is 34.5 Å². The Morgan fingerprint density at radius 1 is 0.307 bits per heavy atom. The Bertz CT molecular complexity index is 3770. The number of benzene rings is 10. The first-order valence-electron chi connectivity index (χ1n) is 24.2. The summed E-state index contributed by atoms with van der Waals surface area (Å²) in [6, 6.07) is 74.0. The fourth-order valence-electron chi connectivity index (χ4n) is 9.35. The van der Waals surface area contributed by atoms with Crippen LogP contribution in [0.15, 0.2) is 231 Å². The van der Waals surface area contributed by atoms with E-state index in [1.807, 2.05) is 146 Å². The van der Waals surface area contributed by atoms with Crippen LogP contribution in [0.25, 0.3) is 11.1 Å². The third-order valence-corrected chi connectivity index (χ3v) is 12.9. The lowest BCUT2D eigenvalue weighted by molar-refractivity contribution is 0.466. The zero-order valence-electron chi connectivity index (χ0n) is 40.3. The van der Waals surface area contributed by atoms with Gasteiger partial charge < -0.3 is 31.2 Å². The molecule has 0 aromatic heterocycles. The summed E-state index contributed by atoms with van der Waals surface area (Å²) in [4.78, 5) is 0. The molecule has 6 nitrogen and oxygen atoms in total. The van der Waals surface area contributed by atoms with Crippen LogP contribution >= 0.6 is 0 Å². The molecule has 0 fully saturated rings. The van der Waals surface area contributed by atoms with Crippen molar-refractivity contribution in [3.63, 3.8) is 0 Å². The maximum atomic E-state index is 10.2. The van der Waals surface area contributed by atoms with Crippen LogP contribution in [0.2, 0.25) is 0 Å². The second kappa shape index (κ2) is 20.5. The van der Waals surface area contributed by atoms with E-state index in [2.05, 4.69) is 95.9 Å². The first-order chi connectivity index (χ1) is 36.8. The van der Waals surface area contributed by atoms with Crippen molar-refractivity contribution >= 4 is 11.4 Å². The lowest BCUT2D eigenvalue weighted by Gasteiger charge is -2.34. The number of rotatable bonds is 6. The molecule has 0 saturated carbocycles. The van der Waals surface area contributed by atoms with Crippen molar-refractivity contribution in [3.8, 4) is 93.0 Å². The van der Waals surface area contributed by atoms with Crippen molar-refractivity contribution < 1.29 is 19.7 Å². The van der Waals surface area contributed by atoms with Crippen LogP contribution in [0.1, 0.15) is 66.8 Å². The molecule has 0 amide bonds. The van der Waals surface area contributed by atoms with E-state index in [9.17, 15) is 10.2 Å². The van der Waals surface area contributed by atoms with Gasteiger partial charge in [0.15, 0.2) is 0 Å². The van der Waals surface area contributed by atoms with Crippen LogP contribution < -0.4 is 20.9 Å². The molecule has 10 aromatic rings. The first-order valence-corrected chi connectivity index (χ1v) is 24.2. The molecule has 1 aliphatic rings. The van der Waals surface area contributed by atoms with E-state index in [4.69, 9.17) is 20.9 Å². The molecule has 6 N–H and O–H groups in total. The predicted octanol–water partition coefficient (Wildman–Crippen LogP) is 13.8. The number of phenols is 2. The second-order valence-corrected chi connectivity index (χ2v) is 17.8. The van der Waals surface area contributed by atoms with E-state index in [1.165, 1.54) is 12.1 Å². The van der Waals surface area contributed by atoms with Crippen LogP contribution in [0.4, 0.5) is 11.4 Å². The highest BCUT2D eigenvalue weighted by Gasteiger charge is 2.48. The summed E-state index contributed by atoms with van der Waals surface area (Å²) in [7, 11) is 0. The lowest BCUT2D eigenvalue weighted by atomic mass is 9.67. The lowest BCUT2D eigenvalue weighted by Crippen LogP contribution is -2.29. The van der Waals surface area contributed by atoms with Crippen LogP contribution in [-0.2, 0) is 5.41 Å². The molecular weight excluding hydrogens is 921 g/mol. The van der Waals surface area contributed by atoms with Gasteiger partial charge in [0.1, 0.15) is 34.5 Å². The molecule has 0 unspecified atom stereocenters. The zero-order chi connectivity index (χ0) is 51.1. The van der Waals surface area contributed by atoms with Crippen molar-refractivity contribution in [2.75, 3.05) is 11.5 Å². The Balaban J connectivity index is 1.23. The van der Waals surface area contributed by atoms with Crippen LogP contribution in [0.3, 0.4) is 0 Å². The maximum Gasteiger partial charge on any atom is 0.138 e. The Morgan fingerprint density at radius 2 is 0.613 bits per heavy atom. The Morgan fingerprint density at radius 3 is 0.947 bits per heavy atom. The SMILES string of the molecule is Nc1cc(Oc2ccc(C3(c4ccc(Oc5ccc(O)c(N)c5)cc4)c4cc(C#Cc5ccccc5)cc(C#Cc5ccccc5)c4-c4c(C#Cc5ccccc5)cc(C#Cc5ccccc5)cc43)cc2)ccc1O. The van der Waals surface area contributed by atoms with Gasteiger partial charge in [0.25, 0.3) is 0 Å². The van der Waals surface area contributed by atoms with Crippen molar-refractivity contribution in [2.24, 2.45) is 0 Å². The van der Waals surface area contributed by atoms with Gasteiger partial charge in [0, 0.05) is 67.8 Å². The molecule has 0 spiro atoms. The minimum atomic E-state index is -1.07. The summed E-state index contributed by atoms with van der Waals surface area (Å²) in [5, 5.41) is 20.4. The highest BCUT2D eigenvalue weighted by molar-refractivity contribution is 5.94. The first kappa shape index (κ1) is 46.6. The van der Waals surface area contributed by atoms with Crippen molar-refractivity contribution in [1.29, 1.82) is 0 Å². The maximum absolute atomic E-state index is 10.2. The highest BCUT2D eigenvalue weighted by Crippen LogP contribution is 2.59. The number of anilines is 2. The smallest absolute Gasteiger partial charge is 0.138 e. The zero-order valence-corrected chi connectivity index (χ0v) is 40.3. The normalized spacial score (nSPS) is 11.4. The molecule has 0 radical (unpaired) electrons. The van der Waals surface area contributed by atoms with Gasteiger partial charge >= 0.3 is 0 Å². The molecule has 75 heavy (non-hydrogen) atoms. The summed E-state index contributed by atoms with van der Waals surface area (Å²) >= 11 is 0. The number of fused-ring (bicyclic) bond motifs is 3. The van der Waals surface area contributed by atoms with Crippen molar-refractivity contribution in [2.45, 2.75) is 5.41 Å². The summed E-state index contributed by atoms with van der Waals surface area (Å²) in [6.45, 7) is 0. The summed E-state index contributed by atoms with van der Waals surface area (Å²) in [5.74, 6) is 30.2. The molecule has 10 aromatic carbocycles. The van der Waals surface area contributed by atoms with Crippen molar-refractivity contribution in [3.05, 3.63) is 297 Å². The van der Waals surface area contributed by atoms with Crippen LogP contribution in [-0.4, -0.2) is 10.2 Å². The Labute approximate surface area is 436 Å². The van der Waals surface area contributed by atoms with Crippen molar-refractivity contribution in [1.82, 2.24) is 0 Å². The van der Waals surface area contributed by atoms with E-state index in [0.29, 0.717) is 23.0 Å². The monoisotopic (exact) mass is 964 g/mol. The Kier molecular flexibility index (Phi) is 12.8. The average Bonchev–Trinajstić information content (AvgIpc) is 3.81. The van der Waals surface area contributed by atoms with Crippen LogP contribution in [0, 0.1) is 47.4 Å². The summed E-state index contributed by atoms with van der Waals surface area (Å²) in [5.41, 5.74) is 23.6. The molecular formula is C69H44N2O4. The molecule has 0 heterocycles. The number of nitrogens with two attached hydrogens (primary N) is 2. The quantitative estimate of drug-likeness (QED) is 0.0751. The van der Waals surface area contributed by atoms with Gasteiger partial charge in [0.05, 0.1) is 16.8 Å². The third kappa shape index (κ3) is 9.84. The third-order valence-electron chi connectivity index (χ3n) is 12.9. The van der Waals surface area contributed by atoms with Gasteiger partial charge in [0.2, 0.25) is 0 Å². The average molecular weight is 965 g/mol. The van der Waals surface area contributed by atoms with Gasteiger partial charge in [-0.15, -0.1) is 0 Å². The van der Waals surface area contributed by atoms with E-state index in [0.717, 1.165) is 77.9 Å². The Hall–Kier alpha value is -10.8. The standard InChI is InChI=1S/C69H44N2O4/c70-63-45-59(37-39-65(63)72)74-57-33-29-55(30-34-57)69(56-31-35-58(36-32-56)75-60-38-40-66(73)64(71)46-60)61-43-51(23-21-47-13-5-1-6-14-47)41-53(27-25-49-17-9-3-10-18-49)67(61)68-54(28-26-50-19-11-4-12-20-50)42-52(44-62(68)69)24-22-48-15-7-2-8-16-48/h1-20,29-46,72-73H,70-71H2. The second-order valence-electron chi connectivity index (χ2n) is 17.8. The van der Waals surface area contributed by atoms with Gasteiger partial charge in [-0.25, -0.2) is 0 Å². The number of nitrogen functional groups attached to an aromatic ring is 2. The fourth-order valence-corrected chi connectivity index (χ4v) is 9.35. The van der Waals surface area contributed by atoms with E-state index in [1.54, 1.807) is 24.3 Å². The van der Waals surface area contributed by atoms with Gasteiger partial charge in [-0.1, -0.05) is 144 Å². The molecule has 0 aliphatic heterocycles. The molecule has 0 atom stereocenters. The number of hydrogen-bond donors (Lipinski definition) is 4. The topological polar surface area (TPSA) is 111 Å². The summed E-state index contributed by atoms with van der Waals surface area (Å²) in [6.07, 6.45) is 0. The number of phenolic OH excluding ortho intramolecular Hbond substituents is 2. The minimum Gasteiger partial charge on any atom is -0.506 e. The molecule has 354 valence electrons. The number of ether oxygens (including phenoxy) is 2. The number of hydrogen-bond acceptors (Lipinski definition) is 6. The predicted molar refractivity (Wildman–Crippen MR) is 299 cm³/mol. The molecule has 0 saturated heterocycles. The minimum absolute atomic E-state index is 0.0249. The molecule has 1 aliphatic carbocycles. The molecule has 6 heteroatoms. The molecule has 0 bridgehead atoms. The van der Waals surface area contributed by atoms with Gasteiger partial charge in [-0.05, 0) is 144 Å². The van der Waals surface area contributed by atoms with Gasteiger partial charge in [-0.3, -0.25) is 0 Å². The fraction of sp³-hybridized carbons (Fsp3) is 0.0145. The largest absolute Gasteiger partial charge is 0.506 e. The molecule has 11 rings (SSSR count). The highest BCUT2D eigenvalue weighted by atomic mass is 16.5.